The maximum Gasteiger partial charge on any atom is 0.160 e. The molecule has 1 aliphatic rings. The van der Waals surface area contributed by atoms with Gasteiger partial charge in [0.1, 0.15) is 5.75 Å². The molecule has 1 N–H and O–H groups in total. The molecule has 1 heterocycles. The number of ether oxygens (including phenoxy) is 1. The van der Waals surface area contributed by atoms with Gasteiger partial charge < -0.3 is 9.72 Å². The van der Waals surface area contributed by atoms with Crippen LogP contribution in [0.1, 0.15) is 35.2 Å². The first-order valence-electron chi connectivity index (χ1n) is 8.02. The van der Waals surface area contributed by atoms with Gasteiger partial charge in [0.2, 0.25) is 0 Å². The number of benzene rings is 2. The van der Waals surface area contributed by atoms with E-state index in [-0.39, 0.29) is 5.78 Å². The molecule has 2 aromatic carbocycles. The summed E-state index contributed by atoms with van der Waals surface area (Å²) in [5.41, 5.74) is 3.06. The normalized spacial score (nSPS) is 19.7. The maximum atomic E-state index is 11.8. The summed E-state index contributed by atoms with van der Waals surface area (Å²) < 4.78 is 5.98. The molecule has 3 heteroatoms. The largest absolute Gasteiger partial charge is 0.493 e. The van der Waals surface area contributed by atoms with Crippen molar-refractivity contribution in [2.24, 2.45) is 5.92 Å². The van der Waals surface area contributed by atoms with Gasteiger partial charge in [-0.15, -0.1) is 0 Å². The molecule has 1 saturated carbocycles. The van der Waals surface area contributed by atoms with Crippen LogP contribution in [0.15, 0.2) is 54.7 Å². The molecule has 116 valence electrons. The van der Waals surface area contributed by atoms with Crippen molar-refractivity contribution in [2.75, 3.05) is 6.61 Å². The number of ketones is 1. The van der Waals surface area contributed by atoms with E-state index in [1.165, 1.54) is 12.0 Å². The number of Topliss-reactive ketones (excluding diaryl/α,β-unsaturated/α-hetero) is 1. The quantitative estimate of drug-likeness (QED) is 0.702. The van der Waals surface area contributed by atoms with E-state index in [1.54, 1.807) is 6.92 Å². The van der Waals surface area contributed by atoms with Gasteiger partial charge in [-0.25, -0.2) is 0 Å². The van der Waals surface area contributed by atoms with Crippen molar-refractivity contribution < 1.29 is 9.53 Å². The number of aromatic amines is 1. The average molecular weight is 305 g/mol. The monoisotopic (exact) mass is 305 g/mol. The minimum Gasteiger partial charge on any atom is -0.493 e. The Hall–Kier alpha value is -2.55. The third kappa shape index (κ3) is 2.74. The summed E-state index contributed by atoms with van der Waals surface area (Å²) in [6.45, 7) is 2.29. The third-order valence-corrected chi connectivity index (χ3v) is 4.64. The molecule has 0 saturated heterocycles. The number of nitrogens with one attached hydrogen (secondary N) is 1. The SMILES string of the molecule is CC(=O)c1cc(OCC2CC2c2ccccc2)cc2[nH]ccc12. The van der Waals surface area contributed by atoms with Crippen molar-refractivity contribution >= 4 is 16.7 Å². The summed E-state index contributed by atoms with van der Waals surface area (Å²) in [6.07, 6.45) is 3.03. The molecule has 23 heavy (non-hydrogen) atoms. The van der Waals surface area contributed by atoms with E-state index in [2.05, 4.69) is 29.2 Å². The van der Waals surface area contributed by atoms with E-state index in [4.69, 9.17) is 4.74 Å². The molecule has 1 fully saturated rings. The van der Waals surface area contributed by atoms with Gasteiger partial charge in [-0.1, -0.05) is 30.3 Å². The van der Waals surface area contributed by atoms with Crippen LogP contribution < -0.4 is 4.74 Å². The van der Waals surface area contributed by atoms with Crippen molar-refractivity contribution in [1.29, 1.82) is 0 Å². The van der Waals surface area contributed by atoms with Crippen molar-refractivity contribution in [1.82, 2.24) is 4.98 Å². The first kappa shape index (κ1) is 14.1. The number of H-pyrrole nitrogens is 1. The molecule has 0 spiro atoms. The molecule has 0 radical (unpaired) electrons. The number of rotatable bonds is 5. The Kier molecular flexibility index (Phi) is 3.41. The fourth-order valence-electron chi connectivity index (χ4n) is 3.26. The van der Waals surface area contributed by atoms with Crippen LogP contribution in [0, 0.1) is 5.92 Å². The highest BCUT2D eigenvalue weighted by Crippen LogP contribution is 2.47. The second-order valence-corrected chi connectivity index (χ2v) is 6.29. The van der Waals surface area contributed by atoms with Crippen molar-refractivity contribution in [3.05, 3.63) is 65.9 Å². The maximum absolute atomic E-state index is 11.8. The van der Waals surface area contributed by atoms with Crippen molar-refractivity contribution in [3.8, 4) is 5.75 Å². The lowest BCUT2D eigenvalue weighted by Gasteiger charge is -2.08. The minimum absolute atomic E-state index is 0.0636. The molecule has 1 aliphatic carbocycles. The van der Waals surface area contributed by atoms with Crippen LogP contribution in [0.25, 0.3) is 10.9 Å². The second kappa shape index (κ2) is 5.58. The summed E-state index contributed by atoms with van der Waals surface area (Å²) in [5, 5.41) is 0.957. The Morgan fingerprint density at radius 3 is 2.83 bits per heavy atom. The van der Waals surface area contributed by atoms with E-state index in [0.717, 1.165) is 16.7 Å². The molecular weight excluding hydrogens is 286 g/mol. The molecule has 2 unspecified atom stereocenters. The Bertz CT molecular complexity index is 850. The summed E-state index contributed by atoms with van der Waals surface area (Å²) in [4.78, 5) is 15.0. The van der Waals surface area contributed by atoms with E-state index in [1.807, 2.05) is 30.5 Å². The van der Waals surface area contributed by atoms with Crippen molar-refractivity contribution in [3.63, 3.8) is 0 Å². The summed E-state index contributed by atoms with van der Waals surface area (Å²) in [7, 11) is 0. The number of hydrogen-bond acceptors (Lipinski definition) is 2. The highest BCUT2D eigenvalue weighted by Gasteiger charge is 2.38. The first-order valence-corrected chi connectivity index (χ1v) is 8.02. The fourth-order valence-corrected chi connectivity index (χ4v) is 3.26. The topological polar surface area (TPSA) is 42.1 Å². The van der Waals surface area contributed by atoms with Crippen LogP contribution in [-0.2, 0) is 0 Å². The third-order valence-electron chi connectivity index (χ3n) is 4.64. The molecule has 0 aliphatic heterocycles. The number of fused-ring (bicyclic) bond motifs is 1. The highest BCUT2D eigenvalue weighted by molar-refractivity contribution is 6.07. The summed E-state index contributed by atoms with van der Waals surface area (Å²) in [6, 6.07) is 16.4. The highest BCUT2D eigenvalue weighted by atomic mass is 16.5. The van der Waals surface area contributed by atoms with Crippen LogP contribution in [0.3, 0.4) is 0 Å². The molecule has 3 nitrogen and oxygen atoms in total. The molecular formula is C20H19NO2. The lowest BCUT2D eigenvalue weighted by Crippen LogP contribution is -2.02. The molecule has 4 rings (SSSR count). The zero-order valence-corrected chi connectivity index (χ0v) is 13.1. The van der Waals surface area contributed by atoms with Crippen LogP contribution in [0.4, 0.5) is 0 Å². The number of aromatic nitrogens is 1. The molecule has 1 aromatic heterocycles. The van der Waals surface area contributed by atoms with Gasteiger partial charge in [0.25, 0.3) is 0 Å². The summed E-state index contributed by atoms with van der Waals surface area (Å²) >= 11 is 0. The van der Waals surface area contributed by atoms with Gasteiger partial charge in [0, 0.05) is 34.6 Å². The standard InChI is InChI=1S/C20H19NO2/c1-13(22)18-10-16(11-20-17(18)7-8-21-20)23-12-15-9-19(15)14-5-3-2-4-6-14/h2-8,10-11,15,19,21H,9,12H2,1H3. The van der Waals surface area contributed by atoms with Gasteiger partial charge >= 0.3 is 0 Å². The van der Waals surface area contributed by atoms with Crippen LogP contribution in [0.2, 0.25) is 0 Å². The molecule has 2 atom stereocenters. The smallest absolute Gasteiger partial charge is 0.160 e. The van der Waals surface area contributed by atoms with Crippen LogP contribution in [0.5, 0.6) is 5.75 Å². The molecule has 0 amide bonds. The minimum atomic E-state index is 0.0636. The zero-order valence-electron chi connectivity index (χ0n) is 13.1. The lowest BCUT2D eigenvalue weighted by atomic mass is 10.1. The van der Waals surface area contributed by atoms with Gasteiger partial charge in [-0.2, -0.15) is 0 Å². The van der Waals surface area contributed by atoms with Gasteiger partial charge in [0.15, 0.2) is 5.78 Å². The Morgan fingerprint density at radius 2 is 2.04 bits per heavy atom. The van der Waals surface area contributed by atoms with Gasteiger partial charge in [0.05, 0.1) is 6.61 Å². The fraction of sp³-hybridized carbons (Fsp3) is 0.250. The van der Waals surface area contributed by atoms with Gasteiger partial charge in [-0.05, 0) is 37.0 Å². The van der Waals surface area contributed by atoms with Crippen molar-refractivity contribution in [2.45, 2.75) is 19.3 Å². The Labute approximate surface area is 135 Å². The van der Waals surface area contributed by atoms with E-state index in [9.17, 15) is 4.79 Å². The number of carbonyl (C=O) groups excluding carboxylic acids is 1. The Morgan fingerprint density at radius 1 is 1.22 bits per heavy atom. The van der Waals surface area contributed by atoms with Crippen LogP contribution >= 0.6 is 0 Å². The summed E-state index contributed by atoms with van der Waals surface area (Å²) in [5.74, 6) is 2.01. The number of carbonyl (C=O) groups is 1. The molecule has 3 aromatic rings. The van der Waals surface area contributed by atoms with E-state index in [0.29, 0.717) is 24.0 Å². The molecule has 0 bridgehead atoms. The average Bonchev–Trinajstić information content (AvgIpc) is 3.20. The van der Waals surface area contributed by atoms with Crippen LogP contribution in [-0.4, -0.2) is 17.4 Å². The van der Waals surface area contributed by atoms with Gasteiger partial charge in [-0.3, -0.25) is 4.79 Å². The number of hydrogen-bond donors (Lipinski definition) is 1. The van der Waals surface area contributed by atoms with E-state index < -0.39 is 0 Å². The second-order valence-electron chi connectivity index (χ2n) is 6.29. The first-order chi connectivity index (χ1) is 11.2. The lowest BCUT2D eigenvalue weighted by molar-refractivity contribution is 0.101. The Balaban J connectivity index is 1.48. The predicted octanol–water partition coefficient (Wildman–Crippen LogP) is 4.55. The van der Waals surface area contributed by atoms with E-state index >= 15 is 0 Å². The predicted molar refractivity (Wildman–Crippen MR) is 91.1 cm³/mol. The zero-order chi connectivity index (χ0) is 15.8.